The van der Waals surface area contributed by atoms with Gasteiger partial charge in [0.05, 0.1) is 11.1 Å². The second-order valence-electron chi connectivity index (χ2n) is 8.01. The lowest BCUT2D eigenvalue weighted by Gasteiger charge is -2.27. The van der Waals surface area contributed by atoms with Crippen LogP contribution in [0.25, 0.3) is 0 Å². The molecule has 0 fully saturated rings. The van der Waals surface area contributed by atoms with Gasteiger partial charge in [0.15, 0.2) is 0 Å². The van der Waals surface area contributed by atoms with Gasteiger partial charge in [-0.25, -0.2) is 4.79 Å². The summed E-state index contributed by atoms with van der Waals surface area (Å²) in [5.41, 5.74) is 0.629. The quantitative estimate of drug-likeness (QED) is 0.224. The number of Topliss-reactive ketones (excluding diaryl/α,β-unsaturated/α-hetero) is 1. The molecule has 1 aliphatic rings. The average Bonchev–Trinajstić information content (AvgIpc) is 3.11. The van der Waals surface area contributed by atoms with Gasteiger partial charge in [-0.2, -0.15) is 13.2 Å². The van der Waals surface area contributed by atoms with Gasteiger partial charge >= 0.3 is 12.1 Å². The van der Waals surface area contributed by atoms with Crippen LogP contribution in [0.5, 0.6) is 0 Å². The summed E-state index contributed by atoms with van der Waals surface area (Å²) in [4.78, 5) is 73.9. The van der Waals surface area contributed by atoms with Crippen molar-refractivity contribution in [3.63, 3.8) is 0 Å². The van der Waals surface area contributed by atoms with E-state index in [0.717, 1.165) is 0 Å². The molecule has 0 saturated heterocycles. The first kappa shape index (κ1) is 27.2. The van der Waals surface area contributed by atoms with E-state index in [0.29, 0.717) is 10.5 Å². The van der Waals surface area contributed by atoms with Crippen LogP contribution in [-0.4, -0.2) is 76.6 Å². The normalized spacial score (nSPS) is 15.5. The molecule has 0 saturated carbocycles. The molecule has 10 nitrogen and oxygen atoms in total. The van der Waals surface area contributed by atoms with E-state index in [2.05, 4.69) is 5.32 Å². The Balaban J connectivity index is 1.85. The minimum atomic E-state index is -5.35. The highest BCUT2D eigenvalue weighted by Crippen LogP contribution is 2.26. The molecule has 0 aromatic heterocycles. The van der Waals surface area contributed by atoms with Gasteiger partial charge in [0, 0.05) is 13.0 Å². The summed E-state index contributed by atoms with van der Waals surface area (Å²) in [5, 5.41) is 13.4. The van der Waals surface area contributed by atoms with Crippen molar-refractivity contribution in [2.75, 3.05) is 6.54 Å². The van der Waals surface area contributed by atoms with Gasteiger partial charge in [-0.05, 0) is 17.7 Å². The zero-order valence-corrected chi connectivity index (χ0v) is 18.9. The SMILES string of the molecule is O=CC(NCC(NC(=O)C(Cc1ccccc1)N1C(=O)c2ccccc2C1=O)C(=O)O)C(=O)C(F)(F)F. The molecule has 3 amide bonds. The molecule has 3 rings (SSSR count). The Kier molecular flexibility index (Phi) is 8.17. The number of hydrogen-bond acceptors (Lipinski definition) is 7. The summed E-state index contributed by atoms with van der Waals surface area (Å²) in [5.74, 6) is -6.79. The maximum Gasteiger partial charge on any atom is 0.452 e. The van der Waals surface area contributed by atoms with E-state index in [1.165, 1.54) is 24.3 Å². The molecule has 0 aliphatic carbocycles. The fraction of sp³-hybridized carbons (Fsp3) is 0.250. The molecule has 0 bridgehead atoms. The number of benzene rings is 2. The van der Waals surface area contributed by atoms with Crippen LogP contribution in [0, 0.1) is 0 Å². The molecule has 3 atom stereocenters. The summed E-state index contributed by atoms with van der Waals surface area (Å²) in [6, 6.07) is 8.24. The maximum atomic E-state index is 13.2. The molecule has 3 unspecified atom stereocenters. The smallest absolute Gasteiger partial charge is 0.452 e. The number of alkyl halides is 3. The highest BCUT2D eigenvalue weighted by Gasteiger charge is 2.45. The molecule has 194 valence electrons. The lowest BCUT2D eigenvalue weighted by atomic mass is 10.0. The van der Waals surface area contributed by atoms with Gasteiger partial charge in [0.25, 0.3) is 17.6 Å². The van der Waals surface area contributed by atoms with Crippen molar-refractivity contribution in [3.05, 3.63) is 71.3 Å². The van der Waals surface area contributed by atoms with Crippen molar-refractivity contribution in [3.8, 4) is 0 Å². The lowest BCUT2D eigenvalue weighted by Crippen LogP contribution is -2.57. The van der Waals surface area contributed by atoms with Crippen LogP contribution < -0.4 is 10.6 Å². The first-order valence-electron chi connectivity index (χ1n) is 10.8. The minimum Gasteiger partial charge on any atom is -0.480 e. The second kappa shape index (κ2) is 11.1. The number of carbonyl (C=O) groups excluding carboxylic acids is 5. The van der Waals surface area contributed by atoms with Gasteiger partial charge in [0.1, 0.15) is 24.4 Å². The summed E-state index contributed by atoms with van der Waals surface area (Å²) >= 11 is 0. The third-order valence-electron chi connectivity index (χ3n) is 5.57. The van der Waals surface area contributed by atoms with Crippen molar-refractivity contribution in [2.45, 2.75) is 30.7 Å². The number of rotatable bonds is 11. The molecule has 2 aromatic rings. The molecule has 37 heavy (non-hydrogen) atoms. The monoisotopic (exact) mass is 519 g/mol. The first-order valence-corrected chi connectivity index (χ1v) is 10.8. The number of carboxylic acid groups (broad SMARTS) is 1. The van der Waals surface area contributed by atoms with Crippen molar-refractivity contribution < 1.29 is 47.0 Å². The highest BCUT2D eigenvalue weighted by molar-refractivity contribution is 6.23. The third-order valence-corrected chi connectivity index (χ3v) is 5.57. The fourth-order valence-corrected chi connectivity index (χ4v) is 3.72. The number of aldehydes is 1. The van der Waals surface area contributed by atoms with Gasteiger partial charge < -0.3 is 15.2 Å². The van der Waals surface area contributed by atoms with E-state index in [4.69, 9.17) is 0 Å². The van der Waals surface area contributed by atoms with Crippen molar-refractivity contribution >= 4 is 35.8 Å². The number of fused-ring (bicyclic) bond motifs is 1. The average molecular weight is 519 g/mol. The maximum absolute atomic E-state index is 13.2. The summed E-state index contributed by atoms with van der Waals surface area (Å²) in [7, 11) is 0. The molecule has 3 N–H and O–H groups in total. The van der Waals surface area contributed by atoms with Crippen LogP contribution >= 0.6 is 0 Å². The first-order chi connectivity index (χ1) is 17.5. The molecule has 0 radical (unpaired) electrons. The van der Waals surface area contributed by atoms with Crippen LogP contribution in [-0.2, 0) is 25.6 Å². The molecular weight excluding hydrogens is 499 g/mol. The van der Waals surface area contributed by atoms with E-state index < -0.39 is 60.3 Å². The Morgan fingerprint density at radius 1 is 0.946 bits per heavy atom. The summed E-state index contributed by atoms with van der Waals surface area (Å²) < 4.78 is 37.9. The highest BCUT2D eigenvalue weighted by atomic mass is 19.4. The number of halogens is 3. The fourth-order valence-electron chi connectivity index (χ4n) is 3.72. The van der Waals surface area contributed by atoms with Crippen LogP contribution in [0.2, 0.25) is 0 Å². The number of aliphatic carboxylic acids is 1. The van der Waals surface area contributed by atoms with Gasteiger partial charge in [0.2, 0.25) is 5.91 Å². The Labute approximate surface area is 207 Å². The Bertz CT molecular complexity index is 1200. The molecule has 1 aliphatic heterocycles. The topological polar surface area (TPSA) is 150 Å². The predicted octanol–water partition coefficient (Wildman–Crippen LogP) is 0.752. The van der Waals surface area contributed by atoms with Crippen LogP contribution in [0.4, 0.5) is 13.2 Å². The molecule has 13 heteroatoms. The molecule has 1 heterocycles. The number of carboxylic acids is 1. The number of carbonyl (C=O) groups is 6. The summed E-state index contributed by atoms with van der Waals surface area (Å²) in [6.07, 6.45) is -5.89. The summed E-state index contributed by atoms with van der Waals surface area (Å²) in [6.45, 7) is -0.938. The van der Waals surface area contributed by atoms with E-state index >= 15 is 0 Å². The van der Waals surface area contributed by atoms with E-state index in [9.17, 15) is 47.0 Å². The Morgan fingerprint density at radius 2 is 1.49 bits per heavy atom. The van der Waals surface area contributed by atoms with Gasteiger partial charge in [-0.3, -0.25) is 29.4 Å². The van der Waals surface area contributed by atoms with Gasteiger partial charge in [-0.1, -0.05) is 42.5 Å². The van der Waals surface area contributed by atoms with Crippen LogP contribution in [0.15, 0.2) is 54.6 Å². The lowest BCUT2D eigenvalue weighted by molar-refractivity contribution is -0.173. The zero-order chi connectivity index (χ0) is 27.3. The standard InChI is InChI=1S/C24H20F3N3O7/c25-24(26,27)19(32)17(12-31)28-11-16(23(36)37)29-20(33)18(10-13-6-2-1-3-7-13)30-21(34)14-8-4-5-9-15(14)22(30)35/h1-9,12,16-18,28H,10-11H2,(H,29,33)(H,36,37). The van der Waals surface area contributed by atoms with Crippen LogP contribution in [0.1, 0.15) is 26.3 Å². The zero-order valence-electron chi connectivity index (χ0n) is 18.9. The van der Waals surface area contributed by atoms with Gasteiger partial charge in [-0.15, -0.1) is 0 Å². The van der Waals surface area contributed by atoms with Crippen molar-refractivity contribution in [1.29, 1.82) is 0 Å². The van der Waals surface area contributed by atoms with E-state index in [1.807, 2.05) is 5.32 Å². The largest absolute Gasteiger partial charge is 0.480 e. The number of nitrogens with zero attached hydrogens (tertiary/aromatic N) is 1. The van der Waals surface area contributed by atoms with E-state index in [-0.39, 0.29) is 23.8 Å². The van der Waals surface area contributed by atoms with E-state index in [1.54, 1.807) is 30.3 Å². The van der Waals surface area contributed by atoms with Crippen molar-refractivity contribution in [1.82, 2.24) is 15.5 Å². The Morgan fingerprint density at radius 3 is 1.97 bits per heavy atom. The molecule has 2 aromatic carbocycles. The molecule has 0 spiro atoms. The number of hydrogen-bond donors (Lipinski definition) is 3. The number of ketones is 1. The number of imide groups is 1. The van der Waals surface area contributed by atoms with Crippen molar-refractivity contribution in [2.24, 2.45) is 0 Å². The minimum absolute atomic E-state index is 0.0503. The van der Waals surface area contributed by atoms with Crippen LogP contribution in [0.3, 0.4) is 0 Å². The second-order valence-corrected chi connectivity index (χ2v) is 8.01. The Hall–Kier alpha value is -4.39. The molecular formula is C24H20F3N3O7. The third kappa shape index (κ3) is 6.06. The predicted molar refractivity (Wildman–Crippen MR) is 119 cm³/mol. The number of amides is 3. The number of nitrogens with one attached hydrogen (secondary N) is 2.